The monoisotopic (exact) mass is 1590 g/mol. The third-order valence-electron chi connectivity index (χ3n) is 27.3. The number of alkyl carbamates (subject to hydrolysis) is 1. The fourth-order valence-electron chi connectivity index (χ4n) is 22.4. The molecule has 5 fully saturated rings. The predicted octanol–water partition coefficient (Wildman–Crippen LogP) is 8.01. The van der Waals surface area contributed by atoms with Crippen LogP contribution in [0.1, 0.15) is 159 Å². The van der Waals surface area contributed by atoms with Crippen LogP contribution in [0.4, 0.5) is 10.5 Å². The Morgan fingerprint density at radius 2 is 1.50 bits per heavy atom. The average molecular weight is 1590 g/mol. The summed E-state index contributed by atoms with van der Waals surface area (Å²) in [5.74, 6) is -6.67. The number of anilines is 1. The molecule has 10 aliphatic rings. The summed E-state index contributed by atoms with van der Waals surface area (Å²) in [6, 6.07) is 25.8. The second-order valence-corrected chi connectivity index (χ2v) is 34.8. The molecular weight excluding hydrogens is 1480 g/mol. The number of benzene rings is 4. The zero-order chi connectivity index (χ0) is 83.0. The summed E-state index contributed by atoms with van der Waals surface area (Å²) in [6.45, 7) is 21.0. The first-order valence-electron chi connectivity index (χ1n) is 39.7. The Hall–Kier alpha value is -9.32. The predicted molar refractivity (Wildman–Crippen MR) is 418 cm³/mol. The Bertz CT molecular complexity index is 4820. The number of likely N-dealkylation sites (N-methyl/N-ethyl adjacent to an activating group) is 1. The highest BCUT2D eigenvalue weighted by atomic mass is 16.6. The van der Waals surface area contributed by atoms with E-state index in [1.807, 2.05) is 37.1 Å². The minimum Gasteiger partial charge on any atom is -0.496 e. The molecule has 6 aliphatic heterocycles. The number of para-hydroxylation sites is 1. The van der Waals surface area contributed by atoms with Gasteiger partial charge < -0.3 is 83.4 Å². The van der Waals surface area contributed by atoms with Crippen molar-refractivity contribution in [2.45, 2.75) is 215 Å². The Labute approximate surface area is 668 Å². The summed E-state index contributed by atoms with van der Waals surface area (Å²) >= 11 is 0. The molecule has 0 radical (unpaired) electrons. The standard InChI is InChI=1S/C45H54N4O8.C43H53NO14/c1-8-27-19-28-22-44(40(51)55-6,36-30(25-48(23-27)24-28)29-13-10-11-14-33(29)46-36)32-20-31-34(21-35(32)54-5)47(4)38-43(31)16-18-49-17-12-15-42(9-2,37(43)49)39(57-26(3)50)45(38,53)41(52)56-7;1-22-26(55-37(51)32(48)30(24-15-11-9-12-16-24)44-38(52)58-39(3,4)5)20-43(53)35(56-36(50)25-17-13-10-14-18-25)33-41(8,34(49)31(47)29(22)40(43,6)7)27(46)19-28-42(33,21-54-28)57-23(2)45/h10-15,19-21,28,37-39,46,53H,8-9,16-18,22-25H2,1-7H3;9-18,26-28,30-33,35,46-48,53H,19-21H2,1-8H3,(H,44,52)/t28-,37-,38+,39+,42+,43+,44-,45-;26-,27-,28+,30-,31+,32?,33-,35-,41+,42-,43+/m00/s1. The van der Waals surface area contributed by atoms with Crippen LogP contribution in [0.5, 0.6) is 5.75 Å². The van der Waals surface area contributed by atoms with E-state index >= 15 is 4.79 Å². The molecule has 7 heterocycles. The van der Waals surface area contributed by atoms with Gasteiger partial charge in [0, 0.05) is 116 Å². The first kappa shape index (κ1) is 82.2. The molecule has 27 nitrogen and oxygen atoms in total. The van der Waals surface area contributed by atoms with Gasteiger partial charge in [0.15, 0.2) is 23.6 Å². The first-order chi connectivity index (χ1) is 54.4. The van der Waals surface area contributed by atoms with Gasteiger partial charge in [-0.1, -0.05) is 118 Å². The molecule has 7 N–H and O–H groups in total. The normalized spacial score (nSPS) is 34.3. The number of aromatic nitrogens is 1. The molecule has 5 aromatic rings. The second-order valence-electron chi connectivity index (χ2n) is 34.8. The Balaban J connectivity index is 0.000000190. The number of methoxy groups -OCH3 is 3. The topological polar surface area (TPSA) is 358 Å². The van der Waals surface area contributed by atoms with Gasteiger partial charge in [-0.2, -0.15) is 0 Å². The number of Topliss-reactive ketones (excluding diaryl/α,β-unsaturated/α-hetero) is 1. The number of aromatic amines is 1. The van der Waals surface area contributed by atoms with Crippen LogP contribution in [0.15, 0.2) is 132 Å². The lowest BCUT2D eigenvalue weighted by Gasteiger charge is -2.67. The Morgan fingerprint density at radius 1 is 0.817 bits per heavy atom. The van der Waals surface area contributed by atoms with Crippen LogP contribution in [0, 0.1) is 28.1 Å². The highest BCUT2D eigenvalue weighted by Gasteiger charge is 2.82. The van der Waals surface area contributed by atoms with Gasteiger partial charge in [0.1, 0.15) is 46.8 Å². The fourth-order valence-corrected chi connectivity index (χ4v) is 22.4. The number of carbonyl (C=O) groups excluding carboxylic acids is 8. The molecule has 1 spiro atoms. The van der Waals surface area contributed by atoms with E-state index in [2.05, 4.69) is 63.5 Å². The maximum Gasteiger partial charge on any atom is 0.408 e. The van der Waals surface area contributed by atoms with E-state index in [0.29, 0.717) is 55.8 Å². The molecule has 3 saturated carbocycles. The summed E-state index contributed by atoms with van der Waals surface area (Å²) in [6.07, 6.45) is -3.81. The SMILES string of the molecule is CC(=O)O[C@@]12CO[C@@H]1C[C@H](O)[C@@]1(C)C(=O)[C@H](O)C3=C(C)[C@@H](OC(=O)C(O)[C@@H](NC(=O)OC(C)(C)C)c4ccccc4)C[C@@](O)([C@@H](OC(=O)c4ccccc4)[C@H]21)C3(C)C.CCC1=C[C@@H]2CN(C1)Cc1c([nH]c3ccccc13)[C@@](C(=O)OC)(c1cc3c(cc1OC)N(C)[C@H]1[C@@](O)(C(=O)OC)[C@H](OC(C)=O)[C@]4(CC)C=CCN5CC[C@]31[C@@H]54)C2. The largest absolute Gasteiger partial charge is 0.496 e. The number of carbonyl (C=O) groups is 8. The van der Waals surface area contributed by atoms with Gasteiger partial charge in [-0.05, 0) is 125 Å². The molecule has 4 aliphatic carbocycles. The highest BCUT2D eigenvalue weighted by molar-refractivity contribution is 5.96. The lowest BCUT2D eigenvalue weighted by molar-refractivity contribution is -0.346. The number of aliphatic hydroxyl groups excluding tert-OH is 3. The summed E-state index contributed by atoms with van der Waals surface area (Å²) in [4.78, 5) is 122. The molecule has 15 rings (SSSR count). The van der Waals surface area contributed by atoms with Crippen molar-refractivity contribution in [2.75, 3.05) is 66.1 Å². The zero-order valence-corrected chi connectivity index (χ0v) is 67.9. The number of ketones is 1. The van der Waals surface area contributed by atoms with Gasteiger partial charge in [0.2, 0.25) is 5.60 Å². The smallest absolute Gasteiger partial charge is 0.408 e. The quantitative estimate of drug-likeness (QED) is 0.0296. The van der Waals surface area contributed by atoms with Crippen LogP contribution >= 0.6 is 0 Å². The number of esters is 6. The van der Waals surface area contributed by atoms with E-state index in [9.17, 15) is 59.1 Å². The van der Waals surface area contributed by atoms with Crippen molar-refractivity contribution in [3.8, 4) is 5.75 Å². The molecule has 20 atom stereocenters. The molecule has 2 unspecified atom stereocenters. The third kappa shape index (κ3) is 12.5. The number of nitrogens with zero attached hydrogens (tertiary/aromatic N) is 3. The summed E-state index contributed by atoms with van der Waals surface area (Å²) in [7, 11) is 6.22. The summed E-state index contributed by atoms with van der Waals surface area (Å²) < 4.78 is 53.4. The maximum atomic E-state index is 15.2. The highest BCUT2D eigenvalue weighted by Crippen LogP contribution is 2.70. The number of ether oxygens (including phenoxy) is 9. The van der Waals surface area contributed by atoms with Crippen molar-refractivity contribution >= 4 is 64.3 Å². The fraction of sp³-hybridized carbons (Fsp3) is 0.545. The van der Waals surface area contributed by atoms with Crippen LogP contribution in [0.3, 0.4) is 0 Å². The second kappa shape index (κ2) is 29.7. The van der Waals surface area contributed by atoms with Crippen molar-refractivity contribution in [3.05, 3.63) is 166 Å². The molecule has 1 amide bonds. The van der Waals surface area contributed by atoms with Crippen LogP contribution in [0.2, 0.25) is 0 Å². The van der Waals surface area contributed by atoms with Crippen LogP contribution < -0.4 is 15.0 Å². The average Bonchev–Trinajstić information content (AvgIpc) is 1.64. The van der Waals surface area contributed by atoms with E-state index in [4.69, 9.17) is 42.6 Å². The molecule has 616 valence electrons. The lowest BCUT2D eigenvalue weighted by Crippen LogP contribution is -2.81. The Morgan fingerprint density at radius 3 is 2.12 bits per heavy atom. The summed E-state index contributed by atoms with van der Waals surface area (Å²) in [5, 5.41) is 65.9. The zero-order valence-electron chi connectivity index (χ0n) is 67.9. The van der Waals surface area contributed by atoms with Crippen LogP contribution in [0.25, 0.3) is 10.9 Å². The molecular formula is C88H107N5O22. The molecule has 2 saturated heterocycles. The van der Waals surface area contributed by atoms with E-state index in [-0.39, 0.29) is 47.7 Å². The molecule has 4 aromatic carbocycles. The number of nitrogens with one attached hydrogen (secondary N) is 2. The van der Waals surface area contributed by atoms with Crippen molar-refractivity contribution in [2.24, 2.45) is 28.1 Å². The van der Waals surface area contributed by atoms with Crippen LogP contribution in [-0.4, -0.2) is 226 Å². The molecule has 115 heavy (non-hydrogen) atoms. The molecule has 27 heteroatoms. The number of H-pyrrole nitrogens is 1. The van der Waals surface area contributed by atoms with Crippen molar-refractivity contribution in [1.29, 1.82) is 0 Å². The van der Waals surface area contributed by atoms with E-state index in [1.165, 1.54) is 52.7 Å². The van der Waals surface area contributed by atoms with Gasteiger partial charge >= 0.3 is 41.9 Å². The van der Waals surface area contributed by atoms with E-state index < -0.39 is 158 Å². The number of fused-ring (bicyclic) bond motifs is 11. The van der Waals surface area contributed by atoms with Gasteiger partial charge in [0.25, 0.3) is 0 Å². The maximum absolute atomic E-state index is 15.2. The minimum absolute atomic E-state index is 0.0284. The number of amides is 1. The van der Waals surface area contributed by atoms with Gasteiger partial charge in [-0.15, -0.1) is 0 Å². The lowest BCUT2D eigenvalue weighted by atomic mass is 9.44. The number of rotatable bonds is 15. The number of aliphatic hydroxyl groups is 5. The van der Waals surface area contributed by atoms with Crippen LogP contribution in [-0.2, 0) is 84.0 Å². The van der Waals surface area contributed by atoms with Gasteiger partial charge in [-0.25, -0.2) is 19.2 Å². The minimum atomic E-state index is -2.35. The number of hydrogen-bond donors (Lipinski definition) is 7. The van der Waals surface area contributed by atoms with E-state index in [0.717, 1.165) is 59.8 Å². The van der Waals surface area contributed by atoms with Crippen molar-refractivity contribution in [3.63, 3.8) is 0 Å². The Kier molecular flexibility index (Phi) is 21.2. The van der Waals surface area contributed by atoms with Crippen molar-refractivity contribution in [1.82, 2.24) is 20.1 Å². The third-order valence-corrected chi connectivity index (χ3v) is 27.3. The number of hydrogen-bond acceptors (Lipinski definition) is 25. The van der Waals surface area contributed by atoms with Gasteiger partial charge in [-0.3, -0.25) is 29.0 Å². The van der Waals surface area contributed by atoms with Crippen molar-refractivity contribution < 1.29 is 107 Å². The first-order valence-corrected chi connectivity index (χ1v) is 39.7. The molecule has 4 bridgehead atoms. The molecule has 1 aromatic heterocycles. The van der Waals surface area contributed by atoms with Gasteiger partial charge in [0.05, 0.1) is 63.0 Å². The van der Waals surface area contributed by atoms with E-state index in [1.54, 1.807) is 90.3 Å². The summed E-state index contributed by atoms with van der Waals surface area (Å²) in [5.41, 5.74) is -7.09.